The molecule has 0 aliphatic carbocycles. The number of carbonyl (C=O) groups is 1. The summed E-state index contributed by atoms with van der Waals surface area (Å²) in [6.07, 6.45) is -9.94. The fourth-order valence-corrected chi connectivity index (χ4v) is 2.21. The van der Waals surface area contributed by atoms with E-state index < -0.39 is 30.2 Å². The van der Waals surface area contributed by atoms with Crippen molar-refractivity contribution in [2.45, 2.75) is 19.6 Å². The Kier molecular flexibility index (Phi) is 5.87. The van der Waals surface area contributed by atoms with Gasteiger partial charge in [-0.3, -0.25) is 0 Å². The van der Waals surface area contributed by atoms with Crippen LogP contribution in [0, 0.1) is 0 Å². The van der Waals surface area contributed by atoms with Gasteiger partial charge in [0.25, 0.3) is 0 Å². The maximum absolute atomic E-state index is 12.4. The van der Waals surface area contributed by atoms with Crippen molar-refractivity contribution in [1.29, 1.82) is 0 Å². The van der Waals surface area contributed by atoms with Crippen LogP contribution in [0.2, 0.25) is 0 Å². The van der Waals surface area contributed by atoms with Gasteiger partial charge in [0.2, 0.25) is 0 Å². The molecule has 2 aromatic rings. The Labute approximate surface area is 149 Å². The molecule has 10 heteroatoms. The number of hydrogen-bond acceptors (Lipinski definition) is 4. The quantitative estimate of drug-likeness (QED) is 0.508. The number of hydrogen-bond donors (Lipinski definition) is 0. The summed E-state index contributed by atoms with van der Waals surface area (Å²) in [7, 11) is 0. The van der Waals surface area contributed by atoms with E-state index in [1.807, 2.05) is 0 Å². The van der Waals surface area contributed by atoms with Crippen molar-refractivity contribution in [3.63, 3.8) is 0 Å². The van der Waals surface area contributed by atoms with Gasteiger partial charge in [-0.15, -0.1) is 26.3 Å². The Morgan fingerprint density at radius 1 is 0.889 bits per heavy atom. The topological polar surface area (TPSA) is 44.8 Å². The molecule has 0 aromatic heterocycles. The van der Waals surface area contributed by atoms with Crippen LogP contribution in [0.15, 0.2) is 42.5 Å². The molecule has 0 atom stereocenters. The molecule has 146 valence electrons. The third kappa shape index (κ3) is 6.08. The molecule has 0 unspecified atom stereocenters. The molecule has 0 bridgehead atoms. The summed E-state index contributed by atoms with van der Waals surface area (Å²) in [4.78, 5) is 12.1. The lowest BCUT2D eigenvalue weighted by atomic mass is 9.99. The summed E-state index contributed by atoms with van der Waals surface area (Å²) in [5.74, 6) is -2.10. The van der Waals surface area contributed by atoms with Crippen LogP contribution in [-0.2, 0) is 4.74 Å². The zero-order valence-corrected chi connectivity index (χ0v) is 13.6. The normalized spacial score (nSPS) is 11.8. The van der Waals surface area contributed by atoms with Gasteiger partial charge in [0, 0.05) is 0 Å². The molecule has 0 amide bonds. The molecule has 27 heavy (non-hydrogen) atoms. The smallest absolute Gasteiger partial charge is 0.462 e. The van der Waals surface area contributed by atoms with Gasteiger partial charge < -0.3 is 14.2 Å². The summed E-state index contributed by atoms with van der Waals surface area (Å²) in [5.41, 5.74) is -0.245. The number of alkyl halides is 6. The summed E-state index contributed by atoms with van der Waals surface area (Å²) >= 11 is 0. The van der Waals surface area contributed by atoms with E-state index in [4.69, 9.17) is 4.74 Å². The molecule has 0 fully saturated rings. The highest BCUT2D eigenvalue weighted by molar-refractivity contribution is 5.97. The second kappa shape index (κ2) is 7.77. The highest BCUT2D eigenvalue weighted by Crippen LogP contribution is 2.34. The number of ether oxygens (including phenoxy) is 3. The largest absolute Gasteiger partial charge is 0.573 e. The van der Waals surface area contributed by atoms with Gasteiger partial charge in [0.1, 0.15) is 11.5 Å². The fourth-order valence-electron chi connectivity index (χ4n) is 2.21. The molecule has 2 rings (SSSR count). The lowest BCUT2D eigenvalue weighted by Gasteiger charge is -2.15. The van der Waals surface area contributed by atoms with E-state index in [1.54, 1.807) is 0 Å². The molecule has 4 nitrogen and oxygen atoms in total. The summed E-state index contributed by atoms with van der Waals surface area (Å²) in [6.45, 7) is 1.52. The average molecular weight is 394 g/mol. The van der Waals surface area contributed by atoms with E-state index in [1.165, 1.54) is 19.1 Å². The van der Waals surface area contributed by atoms with E-state index >= 15 is 0 Å². The minimum Gasteiger partial charge on any atom is -0.462 e. The molecular formula is C17H12F6O4. The van der Waals surface area contributed by atoms with Crippen molar-refractivity contribution in [2.75, 3.05) is 6.61 Å². The van der Waals surface area contributed by atoms with E-state index in [0.717, 1.165) is 30.3 Å². The van der Waals surface area contributed by atoms with Crippen molar-refractivity contribution < 1.29 is 45.3 Å². The highest BCUT2D eigenvalue weighted by atomic mass is 19.4. The molecule has 0 saturated heterocycles. The summed E-state index contributed by atoms with van der Waals surface area (Å²) < 4.78 is 86.9. The maximum Gasteiger partial charge on any atom is 0.573 e. The minimum atomic E-state index is -4.98. The number of benzene rings is 2. The molecule has 0 spiro atoms. The standard InChI is InChI=1S/C17H12F6O4/c1-2-25-15(24)13-7-6-12(27-17(21,22)23)9-14(13)10-4-3-5-11(8-10)26-16(18,19)20/h3-9H,2H2,1H3. The summed E-state index contributed by atoms with van der Waals surface area (Å²) in [5, 5.41) is 0. The second-order valence-corrected chi connectivity index (χ2v) is 5.05. The third-order valence-electron chi connectivity index (χ3n) is 3.10. The van der Waals surface area contributed by atoms with Crippen LogP contribution in [0.4, 0.5) is 26.3 Å². The average Bonchev–Trinajstić information content (AvgIpc) is 2.52. The van der Waals surface area contributed by atoms with Gasteiger partial charge in [-0.2, -0.15) is 0 Å². The molecule has 0 aliphatic rings. The Bertz CT molecular complexity index is 814. The van der Waals surface area contributed by atoms with Crippen molar-refractivity contribution in [3.8, 4) is 22.6 Å². The van der Waals surface area contributed by atoms with Crippen LogP contribution in [0.5, 0.6) is 11.5 Å². The van der Waals surface area contributed by atoms with Gasteiger partial charge in [-0.25, -0.2) is 4.79 Å². The molecule has 0 aliphatic heterocycles. The Morgan fingerprint density at radius 2 is 1.48 bits per heavy atom. The van der Waals surface area contributed by atoms with Gasteiger partial charge in [-0.1, -0.05) is 12.1 Å². The molecule has 0 heterocycles. The molecular weight excluding hydrogens is 382 g/mol. The fraction of sp³-hybridized carbons (Fsp3) is 0.235. The van der Waals surface area contributed by atoms with E-state index in [9.17, 15) is 31.1 Å². The molecule has 2 aromatic carbocycles. The predicted molar refractivity (Wildman–Crippen MR) is 81.2 cm³/mol. The number of esters is 1. The molecule has 0 radical (unpaired) electrons. The van der Waals surface area contributed by atoms with Gasteiger partial charge >= 0.3 is 18.7 Å². The number of halogens is 6. The van der Waals surface area contributed by atoms with Gasteiger partial charge in [0.15, 0.2) is 0 Å². The van der Waals surface area contributed by atoms with Crippen LogP contribution in [0.3, 0.4) is 0 Å². The van der Waals surface area contributed by atoms with Crippen LogP contribution in [0.1, 0.15) is 17.3 Å². The zero-order valence-electron chi connectivity index (χ0n) is 13.6. The predicted octanol–water partition coefficient (Wildman–Crippen LogP) is 5.33. The first-order valence-corrected chi connectivity index (χ1v) is 7.41. The highest BCUT2D eigenvalue weighted by Gasteiger charge is 2.32. The first kappa shape index (κ1) is 20.4. The Hall–Kier alpha value is -2.91. The van der Waals surface area contributed by atoms with E-state index in [-0.39, 0.29) is 23.3 Å². The minimum absolute atomic E-state index is 0.00367. The third-order valence-corrected chi connectivity index (χ3v) is 3.10. The number of rotatable bonds is 5. The van der Waals surface area contributed by atoms with Crippen molar-refractivity contribution in [1.82, 2.24) is 0 Å². The number of carbonyl (C=O) groups excluding carboxylic acids is 1. The van der Waals surface area contributed by atoms with Crippen LogP contribution < -0.4 is 9.47 Å². The summed E-state index contributed by atoms with van der Waals surface area (Å²) in [6, 6.07) is 7.26. The monoisotopic (exact) mass is 394 g/mol. The zero-order chi connectivity index (χ0) is 20.2. The second-order valence-electron chi connectivity index (χ2n) is 5.05. The van der Waals surface area contributed by atoms with Crippen LogP contribution >= 0.6 is 0 Å². The Morgan fingerprint density at radius 3 is 2.04 bits per heavy atom. The molecule has 0 N–H and O–H groups in total. The lowest BCUT2D eigenvalue weighted by Crippen LogP contribution is -2.17. The van der Waals surface area contributed by atoms with Crippen LogP contribution in [-0.4, -0.2) is 25.3 Å². The first-order valence-electron chi connectivity index (χ1n) is 7.41. The van der Waals surface area contributed by atoms with Gasteiger partial charge in [-0.05, 0) is 48.4 Å². The van der Waals surface area contributed by atoms with Crippen LogP contribution in [0.25, 0.3) is 11.1 Å². The Balaban J connectivity index is 2.52. The lowest BCUT2D eigenvalue weighted by molar-refractivity contribution is -0.275. The van der Waals surface area contributed by atoms with Crippen molar-refractivity contribution >= 4 is 5.97 Å². The maximum atomic E-state index is 12.4. The molecule has 0 saturated carbocycles. The van der Waals surface area contributed by atoms with E-state index in [0.29, 0.717) is 0 Å². The SMILES string of the molecule is CCOC(=O)c1ccc(OC(F)(F)F)cc1-c1cccc(OC(F)(F)F)c1. The van der Waals surface area contributed by atoms with Gasteiger partial charge in [0.05, 0.1) is 12.2 Å². The first-order chi connectivity index (χ1) is 12.5. The van der Waals surface area contributed by atoms with Crippen molar-refractivity contribution in [3.05, 3.63) is 48.0 Å². The van der Waals surface area contributed by atoms with E-state index in [2.05, 4.69) is 9.47 Å². The van der Waals surface area contributed by atoms with Crippen molar-refractivity contribution in [2.24, 2.45) is 0 Å².